The van der Waals surface area contributed by atoms with Gasteiger partial charge in [-0.25, -0.2) is 0 Å². The molecule has 0 bridgehead atoms. The van der Waals surface area contributed by atoms with E-state index in [2.05, 4.69) is 5.32 Å². The number of carbonyl (C=O) groups excluding carboxylic acids is 2. The lowest BCUT2D eigenvalue weighted by molar-refractivity contribution is -0.161. The highest BCUT2D eigenvalue weighted by molar-refractivity contribution is 7.09. The number of nitrogens with one attached hydrogen (secondary N) is 1. The van der Waals surface area contributed by atoms with Gasteiger partial charge in [-0.05, 0) is 38.1 Å². The zero-order valence-corrected chi connectivity index (χ0v) is 12.8. The third-order valence-electron chi connectivity index (χ3n) is 4.59. The minimum absolute atomic E-state index is 0.0319. The number of hydrogen-bond acceptors (Lipinski definition) is 3. The van der Waals surface area contributed by atoms with E-state index in [1.54, 1.807) is 16.2 Å². The van der Waals surface area contributed by atoms with E-state index in [9.17, 15) is 9.59 Å². The lowest BCUT2D eigenvalue weighted by atomic mass is 9.86. The van der Waals surface area contributed by atoms with Crippen molar-refractivity contribution >= 4 is 23.2 Å². The molecule has 1 saturated carbocycles. The molecule has 0 radical (unpaired) electrons. The van der Waals surface area contributed by atoms with Crippen LogP contribution in [-0.2, 0) is 16.1 Å². The molecule has 2 fully saturated rings. The minimum Gasteiger partial charge on any atom is -0.340 e. The van der Waals surface area contributed by atoms with Crippen LogP contribution in [0.1, 0.15) is 44.4 Å². The van der Waals surface area contributed by atoms with Gasteiger partial charge >= 0.3 is 0 Å². The predicted octanol–water partition coefficient (Wildman–Crippen LogP) is 2.30. The molecule has 2 amide bonds. The van der Waals surface area contributed by atoms with E-state index in [0.29, 0.717) is 6.54 Å². The third-order valence-corrected chi connectivity index (χ3v) is 5.45. The largest absolute Gasteiger partial charge is 0.340 e. The molecule has 108 valence electrons. The molecular weight excluding hydrogens is 272 g/mol. The molecule has 1 saturated heterocycles. The number of carbonyl (C=O) groups is 2. The van der Waals surface area contributed by atoms with E-state index in [0.717, 1.165) is 30.6 Å². The molecule has 2 aliphatic rings. The Bertz CT molecular complexity index is 530. The second-order valence-corrected chi connectivity index (χ2v) is 7.31. The normalized spacial score (nSPS) is 24.2. The van der Waals surface area contributed by atoms with Gasteiger partial charge in [0.15, 0.2) is 0 Å². The summed E-state index contributed by atoms with van der Waals surface area (Å²) in [7, 11) is 0. The van der Waals surface area contributed by atoms with Crippen LogP contribution in [0.4, 0.5) is 0 Å². The molecule has 3 rings (SSSR count). The van der Waals surface area contributed by atoms with Crippen molar-refractivity contribution in [3.63, 3.8) is 0 Å². The van der Waals surface area contributed by atoms with Crippen LogP contribution in [0.5, 0.6) is 0 Å². The summed E-state index contributed by atoms with van der Waals surface area (Å²) in [6, 6.07) is 3.99. The average molecular weight is 292 g/mol. The number of rotatable bonds is 2. The molecule has 4 nitrogen and oxygen atoms in total. The molecule has 0 unspecified atom stereocenters. The first kappa shape index (κ1) is 13.6. The van der Waals surface area contributed by atoms with Crippen molar-refractivity contribution in [3.05, 3.63) is 22.4 Å². The topological polar surface area (TPSA) is 49.4 Å². The first-order chi connectivity index (χ1) is 9.46. The standard InChI is InChI=1S/C15H20N2O2S/c1-14(2)12(18)16-15(7-3-4-8-15)13(19)17(14)10-11-6-5-9-20-11/h5-6,9H,3-4,7-8,10H2,1-2H3,(H,16,18). The van der Waals surface area contributed by atoms with Crippen molar-refractivity contribution in [2.75, 3.05) is 0 Å². The summed E-state index contributed by atoms with van der Waals surface area (Å²) in [5.41, 5.74) is -1.42. The lowest BCUT2D eigenvalue weighted by Gasteiger charge is -2.48. The summed E-state index contributed by atoms with van der Waals surface area (Å²) in [5.74, 6) is 0.0588. The van der Waals surface area contributed by atoms with E-state index in [-0.39, 0.29) is 11.8 Å². The number of piperazine rings is 1. The Kier molecular flexibility index (Phi) is 3.12. The van der Waals surface area contributed by atoms with Crippen molar-refractivity contribution in [1.82, 2.24) is 10.2 Å². The predicted molar refractivity (Wildman–Crippen MR) is 78.3 cm³/mol. The molecule has 1 aliphatic heterocycles. The Morgan fingerprint density at radius 2 is 2.00 bits per heavy atom. The third kappa shape index (κ3) is 1.95. The Hall–Kier alpha value is -1.36. The van der Waals surface area contributed by atoms with Gasteiger partial charge in [-0.3, -0.25) is 9.59 Å². The Morgan fingerprint density at radius 3 is 2.60 bits per heavy atom. The van der Waals surface area contributed by atoms with Crippen LogP contribution in [0.15, 0.2) is 17.5 Å². The van der Waals surface area contributed by atoms with Gasteiger partial charge in [-0.1, -0.05) is 18.9 Å². The summed E-state index contributed by atoms with van der Waals surface area (Å²) in [5, 5.41) is 5.02. The molecule has 0 atom stereocenters. The van der Waals surface area contributed by atoms with Crippen molar-refractivity contribution < 1.29 is 9.59 Å². The van der Waals surface area contributed by atoms with Crippen molar-refractivity contribution in [1.29, 1.82) is 0 Å². The second kappa shape index (κ2) is 4.58. The summed E-state index contributed by atoms with van der Waals surface area (Å²) < 4.78 is 0. The van der Waals surface area contributed by atoms with Crippen LogP contribution in [0.2, 0.25) is 0 Å². The number of thiophene rings is 1. The van der Waals surface area contributed by atoms with Crippen molar-refractivity contribution in [2.24, 2.45) is 0 Å². The zero-order valence-electron chi connectivity index (χ0n) is 11.9. The Balaban J connectivity index is 1.94. The molecule has 1 aromatic heterocycles. The molecule has 2 heterocycles. The van der Waals surface area contributed by atoms with Gasteiger partial charge in [0.1, 0.15) is 11.1 Å². The van der Waals surface area contributed by atoms with Gasteiger partial charge in [-0.2, -0.15) is 0 Å². The van der Waals surface area contributed by atoms with E-state index in [4.69, 9.17) is 0 Å². The number of amides is 2. The maximum absolute atomic E-state index is 13.0. The maximum atomic E-state index is 13.0. The molecule has 1 N–H and O–H groups in total. The quantitative estimate of drug-likeness (QED) is 0.909. The smallest absolute Gasteiger partial charge is 0.249 e. The highest BCUT2D eigenvalue weighted by atomic mass is 32.1. The molecule has 1 spiro atoms. The van der Waals surface area contributed by atoms with Gasteiger partial charge in [0.25, 0.3) is 0 Å². The van der Waals surface area contributed by atoms with E-state index >= 15 is 0 Å². The fourth-order valence-electron chi connectivity index (χ4n) is 3.20. The molecular formula is C15H20N2O2S. The Morgan fingerprint density at radius 1 is 1.30 bits per heavy atom. The first-order valence-corrected chi connectivity index (χ1v) is 8.01. The van der Waals surface area contributed by atoms with E-state index in [1.807, 2.05) is 31.4 Å². The second-order valence-electron chi connectivity index (χ2n) is 6.27. The highest BCUT2D eigenvalue weighted by Gasteiger charge is 2.55. The van der Waals surface area contributed by atoms with Crippen LogP contribution in [0.25, 0.3) is 0 Å². The zero-order chi connectivity index (χ0) is 14.4. The molecule has 1 aliphatic carbocycles. The van der Waals surface area contributed by atoms with E-state index in [1.165, 1.54) is 0 Å². The maximum Gasteiger partial charge on any atom is 0.249 e. The van der Waals surface area contributed by atoms with Crippen LogP contribution >= 0.6 is 11.3 Å². The van der Waals surface area contributed by atoms with Gasteiger partial charge in [0.05, 0.1) is 6.54 Å². The number of hydrogen-bond donors (Lipinski definition) is 1. The van der Waals surface area contributed by atoms with Gasteiger partial charge in [0.2, 0.25) is 11.8 Å². The lowest BCUT2D eigenvalue weighted by Crippen LogP contribution is -2.73. The fraction of sp³-hybridized carbons (Fsp3) is 0.600. The fourth-order valence-corrected chi connectivity index (χ4v) is 3.90. The summed E-state index contributed by atoms with van der Waals surface area (Å²) in [6.07, 6.45) is 3.57. The summed E-state index contributed by atoms with van der Waals surface area (Å²) in [6.45, 7) is 4.18. The van der Waals surface area contributed by atoms with Crippen molar-refractivity contribution in [2.45, 2.75) is 57.2 Å². The monoisotopic (exact) mass is 292 g/mol. The van der Waals surface area contributed by atoms with Gasteiger partial charge in [-0.15, -0.1) is 11.3 Å². The molecule has 0 aromatic carbocycles. The van der Waals surface area contributed by atoms with Crippen LogP contribution in [-0.4, -0.2) is 27.8 Å². The van der Waals surface area contributed by atoms with Crippen LogP contribution in [0, 0.1) is 0 Å². The number of nitrogens with zero attached hydrogens (tertiary/aromatic N) is 1. The van der Waals surface area contributed by atoms with Gasteiger partial charge < -0.3 is 10.2 Å². The molecule has 1 aromatic rings. The van der Waals surface area contributed by atoms with Crippen LogP contribution in [0.3, 0.4) is 0 Å². The van der Waals surface area contributed by atoms with Crippen molar-refractivity contribution in [3.8, 4) is 0 Å². The average Bonchev–Trinajstić information content (AvgIpc) is 3.05. The van der Waals surface area contributed by atoms with E-state index < -0.39 is 11.1 Å². The molecule has 5 heteroatoms. The first-order valence-electron chi connectivity index (χ1n) is 7.13. The van der Waals surface area contributed by atoms with Gasteiger partial charge in [0, 0.05) is 4.88 Å². The van der Waals surface area contributed by atoms with Crippen LogP contribution < -0.4 is 5.32 Å². The SMILES string of the molecule is CC1(C)C(=O)NC2(CCCC2)C(=O)N1Cc1cccs1. The summed E-state index contributed by atoms with van der Waals surface area (Å²) >= 11 is 1.63. The minimum atomic E-state index is -0.783. The highest BCUT2D eigenvalue weighted by Crippen LogP contribution is 2.38. The summed E-state index contributed by atoms with van der Waals surface area (Å²) in [4.78, 5) is 28.3. The Labute approximate surface area is 123 Å². The molecule has 20 heavy (non-hydrogen) atoms.